The van der Waals surface area contributed by atoms with E-state index in [9.17, 15) is 14.0 Å². The Bertz CT molecular complexity index is 1090. The summed E-state index contributed by atoms with van der Waals surface area (Å²) in [6.07, 6.45) is 5.76. The molecular formula is C22H21ClFN5O2. The number of para-hydroxylation sites is 1. The van der Waals surface area contributed by atoms with Gasteiger partial charge in [-0.3, -0.25) is 14.6 Å². The lowest BCUT2D eigenvalue weighted by molar-refractivity contribution is -0.120. The maximum atomic E-state index is 13.9. The van der Waals surface area contributed by atoms with Crippen LogP contribution < -0.4 is 10.6 Å². The highest BCUT2D eigenvalue weighted by Gasteiger charge is 2.28. The maximum Gasteiger partial charge on any atom is 0.270 e. The number of aromatic nitrogens is 3. The van der Waals surface area contributed by atoms with Gasteiger partial charge < -0.3 is 10.6 Å². The van der Waals surface area contributed by atoms with Crippen LogP contribution in [0.3, 0.4) is 0 Å². The van der Waals surface area contributed by atoms with Crippen molar-refractivity contribution >= 4 is 29.2 Å². The van der Waals surface area contributed by atoms with Crippen LogP contribution in [-0.2, 0) is 4.79 Å². The lowest BCUT2D eigenvalue weighted by Gasteiger charge is -2.28. The highest BCUT2D eigenvalue weighted by Crippen LogP contribution is 2.26. The van der Waals surface area contributed by atoms with E-state index in [1.54, 1.807) is 36.5 Å². The van der Waals surface area contributed by atoms with Gasteiger partial charge in [-0.15, -0.1) is 5.10 Å². The molecule has 3 aromatic rings. The summed E-state index contributed by atoms with van der Waals surface area (Å²) in [6, 6.07) is 11.1. The molecule has 4 rings (SSSR count). The number of benzene rings is 1. The van der Waals surface area contributed by atoms with Crippen molar-refractivity contribution in [2.75, 3.05) is 5.32 Å². The third-order valence-corrected chi connectivity index (χ3v) is 5.56. The number of nitrogens with one attached hydrogen (secondary N) is 2. The van der Waals surface area contributed by atoms with Crippen LogP contribution in [0.15, 0.2) is 54.9 Å². The summed E-state index contributed by atoms with van der Waals surface area (Å²) in [5.41, 5.74) is 0.589. The molecule has 160 valence electrons. The molecule has 0 aliphatic heterocycles. The molecule has 0 bridgehead atoms. The van der Waals surface area contributed by atoms with Crippen LogP contribution in [0, 0.1) is 11.7 Å². The van der Waals surface area contributed by atoms with Gasteiger partial charge in [-0.05, 0) is 49.9 Å². The number of carbonyl (C=O) groups is 2. The standard InChI is InChI=1S/C22H21ClFN5O2/c23-15-9-11-25-18(13-15)22(31)26-16-7-5-14(6-8-16)21(30)27-20-10-12-29(28-20)19-4-2-1-3-17(19)24/h1-4,9-14,16H,5-8H2,(H,26,31)(H,27,28,30). The monoisotopic (exact) mass is 441 g/mol. The molecule has 0 radical (unpaired) electrons. The van der Waals surface area contributed by atoms with Gasteiger partial charge in [-0.2, -0.15) is 0 Å². The van der Waals surface area contributed by atoms with Crippen molar-refractivity contribution in [3.8, 4) is 5.69 Å². The molecule has 1 aliphatic rings. The predicted octanol–water partition coefficient (Wildman–Crippen LogP) is 3.99. The summed E-state index contributed by atoms with van der Waals surface area (Å²) in [7, 11) is 0. The van der Waals surface area contributed by atoms with E-state index in [1.807, 2.05) is 0 Å². The van der Waals surface area contributed by atoms with Crippen molar-refractivity contribution < 1.29 is 14.0 Å². The summed E-state index contributed by atoms with van der Waals surface area (Å²) in [5, 5.41) is 10.5. The molecule has 1 aromatic carbocycles. The first-order valence-corrected chi connectivity index (χ1v) is 10.4. The summed E-state index contributed by atoms with van der Waals surface area (Å²) in [6.45, 7) is 0. The number of anilines is 1. The Kier molecular flexibility index (Phi) is 6.27. The first kappa shape index (κ1) is 21.0. The second kappa shape index (κ2) is 9.26. The van der Waals surface area contributed by atoms with Crippen LogP contribution >= 0.6 is 11.6 Å². The first-order valence-electron chi connectivity index (χ1n) is 10.0. The van der Waals surface area contributed by atoms with Gasteiger partial charge in [-0.25, -0.2) is 9.07 Å². The van der Waals surface area contributed by atoms with Crippen LogP contribution in [0.2, 0.25) is 5.02 Å². The molecule has 31 heavy (non-hydrogen) atoms. The zero-order chi connectivity index (χ0) is 21.8. The number of carbonyl (C=O) groups excluding carboxylic acids is 2. The zero-order valence-corrected chi connectivity index (χ0v) is 17.3. The molecule has 1 fully saturated rings. The molecule has 0 unspecified atom stereocenters. The summed E-state index contributed by atoms with van der Waals surface area (Å²) in [4.78, 5) is 29.0. The molecule has 2 amide bonds. The largest absolute Gasteiger partial charge is 0.348 e. The third kappa shape index (κ3) is 5.08. The Hall–Kier alpha value is -3.26. The van der Waals surface area contributed by atoms with E-state index >= 15 is 0 Å². The van der Waals surface area contributed by atoms with Gasteiger partial charge in [0.2, 0.25) is 5.91 Å². The Labute approximate surface area is 183 Å². The fourth-order valence-electron chi connectivity index (χ4n) is 3.68. The normalized spacial score (nSPS) is 18.4. The predicted molar refractivity (Wildman–Crippen MR) is 115 cm³/mol. The van der Waals surface area contributed by atoms with Gasteiger partial charge in [0.25, 0.3) is 5.91 Å². The lowest BCUT2D eigenvalue weighted by atomic mass is 9.85. The van der Waals surface area contributed by atoms with E-state index < -0.39 is 5.82 Å². The van der Waals surface area contributed by atoms with Crippen molar-refractivity contribution in [2.24, 2.45) is 5.92 Å². The highest BCUT2D eigenvalue weighted by atomic mass is 35.5. The Morgan fingerprint density at radius 3 is 2.61 bits per heavy atom. The van der Waals surface area contributed by atoms with E-state index in [-0.39, 0.29) is 29.5 Å². The van der Waals surface area contributed by atoms with Gasteiger partial charge in [-0.1, -0.05) is 23.7 Å². The minimum absolute atomic E-state index is 0.0161. The smallest absolute Gasteiger partial charge is 0.270 e. The molecule has 0 saturated heterocycles. The number of pyridine rings is 1. The topological polar surface area (TPSA) is 88.9 Å². The van der Waals surface area contributed by atoms with Crippen LogP contribution in [0.25, 0.3) is 5.69 Å². The minimum atomic E-state index is -0.392. The van der Waals surface area contributed by atoms with Crippen molar-refractivity contribution in [1.82, 2.24) is 20.1 Å². The van der Waals surface area contributed by atoms with Gasteiger partial charge in [0, 0.05) is 35.4 Å². The fourth-order valence-corrected chi connectivity index (χ4v) is 3.84. The van der Waals surface area contributed by atoms with Gasteiger partial charge in [0.15, 0.2) is 5.82 Å². The molecule has 1 saturated carbocycles. The lowest BCUT2D eigenvalue weighted by Crippen LogP contribution is -2.39. The maximum absolute atomic E-state index is 13.9. The van der Waals surface area contributed by atoms with E-state index in [1.165, 1.54) is 23.0 Å². The number of rotatable bonds is 5. The van der Waals surface area contributed by atoms with Crippen LogP contribution in [-0.4, -0.2) is 32.6 Å². The second-order valence-electron chi connectivity index (χ2n) is 7.47. The molecule has 2 aromatic heterocycles. The average Bonchev–Trinajstić information content (AvgIpc) is 3.22. The second-order valence-corrected chi connectivity index (χ2v) is 7.90. The average molecular weight is 442 g/mol. The van der Waals surface area contributed by atoms with E-state index in [0.717, 1.165) is 0 Å². The quantitative estimate of drug-likeness (QED) is 0.626. The molecule has 2 heterocycles. The SMILES string of the molecule is O=C(NC1CCC(C(=O)Nc2ccn(-c3ccccc3F)n2)CC1)c1cc(Cl)ccn1. The number of hydrogen-bond donors (Lipinski definition) is 2. The molecule has 0 atom stereocenters. The van der Waals surface area contributed by atoms with E-state index in [4.69, 9.17) is 11.6 Å². The van der Waals surface area contributed by atoms with Crippen molar-refractivity contribution in [2.45, 2.75) is 31.7 Å². The summed E-state index contributed by atoms with van der Waals surface area (Å²) < 4.78 is 15.3. The molecule has 2 N–H and O–H groups in total. The van der Waals surface area contributed by atoms with Gasteiger partial charge >= 0.3 is 0 Å². The minimum Gasteiger partial charge on any atom is -0.348 e. The molecule has 9 heteroatoms. The van der Waals surface area contributed by atoms with Crippen LogP contribution in [0.1, 0.15) is 36.2 Å². The zero-order valence-electron chi connectivity index (χ0n) is 16.6. The molecule has 1 aliphatic carbocycles. The Balaban J connectivity index is 1.29. The first-order chi connectivity index (χ1) is 15.0. The van der Waals surface area contributed by atoms with Crippen molar-refractivity contribution in [3.63, 3.8) is 0 Å². The molecular weight excluding hydrogens is 421 g/mol. The Morgan fingerprint density at radius 2 is 1.87 bits per heavy atom. The van der Waals surface area contributed by atoms with Crippen LogP contribution in [0.5, 0.6) is 0 Å². The summed E-state index contributed by atoms with van der Waals surface area (Å²) in [5.74, 6) is -0.585. The Morgan fingerprint density at radius 1 is 1.10 bits per heavy atom. The number of hydrogen-bond acceptors (Lipinski definition) is 4. The number of nitrogens with zero attached hydrogens (tertiary/aromatic N) is 3. The van der Waals surface area contributed by atoms with E-state index in [2.05, 4.69) is 20.7 Å². The van der Waals surface area contributed by atoms with Crippen molar-refractivity contribution in [1.29, 1.82) is 0 Å². The molecule has 7 nitrogen and oxygen atoms in total. The molecule has 0 spiro atoms. The number of halogens is 2. The van der Waals surface area contributed by atoms with Crippen molar-refractivity contribution in [3.05, 3.63) is 71.4 Å². The van der Waals surface area contributed by atoms with Gasteiger partial charge in [0.1, 0.15) is 17.2 Å². The number of amides is 2. The summed E-state index contributed by atoms with van der Waals surface area (Å²) >= 11 is 5.91. The third-order valence-electron chi connectivity index (χ3n) is 5.33. The van der Waals surface area contributed by atoms with Crippen LogP contribution in [0.4, 0.5) is 10.2 Å². The van der Waals surface area contributed by atoms with Gasteiger partial charge in [0.05, 0.1) is 0 Å². The highest BCUT2D eigenvalue weighted by molar-refractivity contribution is 6.30. The fraction of sp³-hybridized carbons (Fsp3) is 0.273. The van der Waals surface area contributed by atoms with E-state index in [0.29, 0.717) is 42.2 Å².